The van der Waals surface area contributed by atoms with Gasteiger partial charge in [0.05, 0.1) is 17.3 Å². The second-order valence-electron chi connectivity index (χ2n) is 6.60. The van der Waals surface area contributed by atoms with Crippen LogP contribution in [0.1, 0.15) is 17.9 Å². The number of nitrogens with zero attached hydrogens (tertiary/aromatic N) is 3. The Hall–Kier alpha value is -1.58. The van der Waals surface area contributed by atoms with Crippen LogP contribution in [0.5, 0.6) is 0 Å². The summed E-state index contributed by atoms with van der Waals surface area (Å²) in [5, 5.41) is 8.84. The van der Waals surface area contributed by atoms with Gasteiger partial charge in [0.1, 0.15) is 0 Å². The molecule has 1 aromatic carbocycles. The Kier molecular flexibility index (Phi) is 6.44. The molecule has 1 unspecified atom stereocenters. The highest BCUT2D eigenvalue weighted by atomic mass is 35.5. The molecule has 1 atom stereocenters. The summed E-state index contributed by atoms with van der Waals surface area (Å²) in [4.78, 5) is 13.9. The average Bonchev–Trinajstić information content (AvgIpc) is 3.18. The quantitative estimate of drug-likeness (QED) is 0.624. The van der Waals surface area contributed by atoms with Gasteiger partial charge in [-0.1, -0.05) is 35.5 Å². The molecule has 0 saturated carbocycles. The van der Waals surface area contributed by atoms with Crippen molar-refractivity contribution in [2.75, 3.05) is 24.3 Å². The first-order valence-corrected chi connectivity index (χ1v) is 11.6. The third kappa shape index (κ3) is 5.95. The number of amides is 1. The molecule has 1 amide bonds. The van der Waals surface area contributed by atoms with Crippen molar-refractivity contribution in [2.24, 2.45) is 5.92 Å². The third-order valence-electron chi connectivity index (χ3n) is 4.29. The molecular formula is C17H20ClN3O4S2. The summed E-state index contributed by atoms with van der Waals surface area (Å²) in [5.41, 5.74) is 0.954. The van der Waals surface area contributed by atoms with E-state index in [2.05, 4.69) is 10.2 Å². The second kappa shape index (κ2) is 8.62. The smallest absolute Gasteiger partial charge is 0.277 e. The largest absolute Gasteiger partial charge is 0.416 e. The number of hydrogen-bond donors (Lipinski definition) is 0. The van der Waals surface area contributed by atoms with Crippen LogP contribution < -0.4 is 0 Å². The highest BCUT2D eigenvalue weighted by molar-refractivity contribution is 7.99. The summed E-state index contributed by atoms with van der Waals surface area (Å²) in [7, 11) is -1.20. The van der Waals surface area contributed by atoms with E-state index in [0.717, 1.165) is 5.56 Å². The molecule has 2 heterocycles. The molecule has 0 aliphatic carbocycles. The molecule has 2 aromatic rings. The SMILES string of the molecule is CN(Cc1cccc(Cl)c1)C(=O)CSc1nnc(CC2CCS(=O)(=O)C2)o1. The minimum atomic E-state index is -2.92. The molecule has 0 bridgehead atoms. The summed E-state index contributed by atoms with van der Waals surface area (Å²) in [6, 6.07) is 7.37. The zero-order valence-corrected chi connectivity index (χ0v) is 17.2. The Balaban J connectivity index is 1.47. The summed E-state index contributed by atoms with van der Waals surface area (Å²) in [6.45, 7) is 0.463. The van der Waals surface area contributed by atoms with E-state index in [1.165, 1.54) is 11.8 Å². The number of halogens is 1. The lowest BCUT2D eigenvalue weighted by Gasteiger charge is -2.16. The van der Waals surface area contributed by atoms with Crippen LogP contribution in [0.25, 0.3) is 0 Å². The van der Waals surface area contributed by atoms with Gasteiger partial charge in [-0.3, -0.25) is 4.79 Å². The van der Waals surface area contributed by atoms with Crippen molar-refractivity contribution in [1.82, 2.24) is 15.1 Å². The molecule has 1 saturated heterocycles. The van der Waals surface area contributed by atoms with Crippen LogP contribution in [0.3, 0.4) is 0 Å². The lowest BCUT2D eigenvalue weighted by atomic mass is 10.1. The number of aromatic nitrogens is 2. The molecule has 10 heteroatoms. The summed E-state index contributed by atoms with van der Waals surface area (Å²) >= 11 is 7.13. The molecule has 146 valence electrons. The number of rotatable bonds is 7. The van der Waals surface area contributed by atoms with Crippen LogP contribution in [0, 0.1) is 5.92 Å². The van der Waals surface area contributed by atoms with E-state index in [1.807, 2.05) is 18.2 Å². The van der Waals surface area contributed by atoms with E-state index in [4.69, 9.17) is 16.0 Å². The number of carbonyl (C=O) groups excluding carboxylic acids is 1. The van der Waals surface area contributed by atoms with Crippen LogP contribution in [0.4, 0.5) is 0 Å². The molecule has 0 N–H and O–H groups in total. The molecule has 7 nitrogen and oxygen atoms in total. The Morgan fingerprint density at radius 1 is 1.41 bits per heavy atom. The first-order valence-electron chi connectivity index (χ1n) is 8.45. The summed E-state index contributed by atoms with van der Waals surface area (Å²) in [6.07, 6.45) is 1.08. The first kappa shape index (κ1) is 20.2. The van der Waals surface area contributed by atoms with E-state index < -0.39 is 9.84 Å². The Morgan fingerprint density at radius 2 is 2.22 bits per heavy atom. The van der Waals surface area contributed by atoms with Crippen LogP contribution >= 0.6 is 23.4 Å². The lowest BCUT2D eigenvalue weighted by Crippen LogP contribution is -2.27. The number of carbonyl (C=O) groups is 1. The summed E-state index contributed by atoms with van der Waals surface area (Å²) < 4.78 is 28.5. The minimum absolute atomic E-state index is 0.0266. The van der Waals surface area contributed by atoms with Crippen molar-refractivity contribution in [3.8, 4) is 0 Å². The fourth-order valence-corrected chi connectivity index (χ4v) is 5.69. The molecule has 1 aliphatic heterocycles. The number of sulfone groups is 1. The van der Waals surface area contributed by atoms with Gasteiger partial charge in [-0.15, -0.1) is 10.2 Å². The van der Waals surface area contributed by atoms with E-state index in [-0.39, 0.29) is 29.1 Å². The molecule has 0 radical (unpaired) electrons. The van der Waals surface area contributed by atoms with E-state index >= 15 is 0 Å². The fourth-order valence-electron chi connectivity index (χ4n) is 2.89. The van der Waals surface area contributed by atoms with Gasteiger partial charge >= 0.3 is 0 Å². The van der Waals surface area contributed by atoms with E-state index in [0.29, 0.717) is 35.5 Å². The Morgan fingerprint density at radius 3 is 2.93 bits per heavy atom. The highest BCUT2D eigenvalue weighted by Crippen LogP contribution is 2.24. The molecule has 27 heavy (non-hydrogen) atoms. The molecule has 1 fully saturated rings. The van der Waals surface area contributed by atoms with Crippen LogP contribution in [-0.4, -0.2) is 53.7 Å². The van der Waals surface area contributed by atoms with Gasteiger partial charge in [0.2, 0.25) is 11.8 Å². The standard InChI is InChI=1S/C17H20ClN3O4S2/c1-21(9-12-3-2-4-14(18)7-12)16(22)10-26-17-20-19-15(25-17)8-13-5-6-27(23,24)11-13/h2-4,7,13H,5-6,8-11H2,1H3. The fraction of sp³-hybridized carbons (Fsp3) is 0.471. The third-order valence-corrected chi connectivity index (χ3v) is 7.17. The van der Waals surface area contributed by atoms with Crippen molar-refractivity contribution in [3.05, 3.63) is 40.7 Å². The molecular weight excluding hydrogens is 410 g/mol. The Labute approximate surface area is 167 Å². The maximum Gasteiger partial charge on any atom is 0.277 e. The second-order valence-corrected chi connectivity index (χ2v) is 10.2. The van der Waals surface area contributed by atoms with Crippen LogP contribution in [0.15, 0.2) is 33.9 Å². The topological polar surface area (TPSA) is 93.4 Å². The van der Waals surface area contributed by atoms with Crippen molar-refractivity contribution in [1.29, 1.82) is 0 Å². The van der Waals surface area contributed by atoms with Gasteiger partial charge in [-0.05, 0) is 30.0 Å². The molecule has 0 spiro atoms. The van der Waals surface area contributed by atoms with Gasteiger partial charge in [0.15, 0.2) is 9.84 Å². The molecule has 1 aromatic heterocycles. The normalized spacial score (nSPS) is 18.5. The van der Waals surface area contributed by atoms with Crippen LogP contribution in [-0.2, 0) is 27.6 Å². The maximum atomic E-state index is 12.3. The zero-order chi connectivity index (χ0) is 19.4. The first-order chi connectivity index (χ1) is 12.8. The van der Waals surface area contributed by atoms with Crippen molar-refractivity contribution in [2.45, 2.75) is 24.6 Å². The number of hydrogen-bond acceptors (Lipinski definition) is 7. The molecule has 3 rings (SSSR count). The number of thioether (sulfide) groups is 1. The lowest BCUT2D eigenvalue weighted by molar-refractivity contribution is -0.127. The van der Waals surface area contributed by atoms with Gasteiger partial charge in [0.25, 0.3) is 5.22 Å². The average molecular weight is 430 g/mol. The van der Waals surface area contributed by atoms with E-state index in [9.17, 15) is 13.2 Å². The monoisotopic (exact) mass is 429 g/mol. The summed E-state index contributed by atoms with van der Waals surface area (Å²) in [5.74, 6) is 0.946. The van der Waals surface area contributed by atoms with Crippen molar-refractivity contribution in [3.63, 3.8) is 0 Å². The van der Waals surface area contributed by atoms with Gasteiger partial charge in [0, 0.05) is 25.0 Å². The maximum absolute atomic E-state index is 12.3. The predicted octanol–water partition coefficient (Wildman–Crippen LogP) is 2.45. The van der Waals surface area contributed by atoms with Crippen LogP contribution in [0.2, 0.25) is 5.02 Å². The van der Waals surface area contributed by atoms with E-state index in [1.54, 1.807) is 18.0 Å². The highest BCUT2D eigenvalue weighted by Gasteiger charge is 2.29. The van der Waals surface area contributed by atoms with Gasteiger partial charge < -0.3 is 9.32 Å². The minimum Gasteiger partial charge on any atom is -0.416 e. The van der Waals surface area contributed by atoms with Crippen molar-refractivity contribution >= 4 is 39.1 Å². The Bertz CT molecular complexity index is 916. The molecule has 1 aliphatic rings. The van der Waals surface area contributed by atoms with Crippen molar-refractivity contribution < 1.29 is 17.6 Å². The predicted molar refractivity (Wildman–Crippen MR) is 103 cm³/mol. The van der Waals surface area contributed by atoms with Gasteiger partial charge in [-0.25, -0.2) is 8.42 Å². The van der Waals surface area contributed by atoms with Gasteiger partial charge in [-0.2, -0.15) is 0 Å². The zero-order valence-electron chi connectivity index (χ0n) is 14.8. The number of benzene rings is 1.